The van der Waals surface area contributed by atoms with Gasteiger partial charge in [-0.25, -0.2) is 0 Å². The summed E-state index contributed by atoms with van der Waals surface area (Å²) in [4.78, 5) is 27.8. The molecule has 1 aliphatic rings. The second-order valence-electron chi connectivity index (χ2n) is 7.27. The second kappa shape index (κ2) is 9.64. The molecule has 0 N–H and O–H groups in total. The van der Waals surface area contributed by atoms with Gasteiger partial charge < -0.3 is 9.80 Å². The van der Waals surface area contributed by atoms with E-state index < -0.39 is 12.0 Å². The van der Waals surface area contributed by atoms with E-state index in [4.69, 9.17) is 0 Å². The average Bonchev–Trinajstić information content (AvgIpc) is 2.76. The van der Waals surface area contributed by atoms with Gasteiger partial charge >= 0.3 is 6.18 Å². The third kappa shape index (κ3) is 5.84. The minimum atomic E-state index is -4.95. The van der Waals surface area contributed by atoms with Gasteiger partial charge in [0.2, 0.25) is 0 Å². The Labute approximate surface area is 179 Å². The molecular formula is C24H23F3N2O2. The Bertz CT molecular complexity index is 975. The Kier molecular flexibility index (Phi) is 6.95. The van der Waals surface area contributed by atoms with Gasteiger partial charge in [0.25, 0.3) is 5.78 Å². The number of ketones is 2. The van der Waals surface area contributed by atoms with Crippen molar-refractivity contribution in [3.8, 4) is 0 Å². The Morgan fingerprint density at radius 1 is 0.742 bits per heavy atom. The summed E-state index contributed by atoms with van der Waals surface area (Å²) in [7, 11) is 0. The lowest BCUT2D eigenvalue weighted by atomic mass is 10.0. The van der Waals surface area contributed by atoms with Crippen molar-refractivity contribution < 1.29 is 22.8 Å². The zero-order chi connectivity index (χ0) is 22.4. The molecule has 1 heterocycles. The number of rotatable bonds is 6. The second-order valence-corrected chi connectivity index (χ2v) is 7.27. The van der Waals surface area contributed by atoms with Gasteiger partial charge in [0.05, 0.1) is 5.57 Å². The van der Waals surface area contributed by atoms with E-state index in [1.54, 1.807) is 29.3 Å². The van der Waals surface area contributed by atoms with Crippen LogP contribution in [0.5, 0.6) is 0 Å². The summed E-state index contributed by atoms with van der Waals surface area (Å²) in [6.07, 6.45) is -1.84. The number of hydrogen-bond acceptors (Lipinski definition) is 4. The van der Waals surface area contributed by atoms with E-state index in [1.165, 1.54) is 25.3 Å². The maximum atomic E-state index is 13.1. The topological polar surface area (TPSA) is 40.6 Å². The predicted octanol–water partition coefficient (Wildman–Crippen LogP) is 4.41. The molecule has 0 radical (unpaired) electrons. The van der Waals surface area contributed by atoms with E-state index in [-0.39, 0.29) is 16.9 Å². The summed E-state index contributed by atoms with van der Waals surface area (Å²) in [6, 6.07) is 17.2. The number of halogens is 3. The Balaban J connectivity index is 1.77. The largest absolute Gasteiger partial charge is 0.454 e. The number of piperazine rings is 1. The lowest BCUT2D eigenvalue weighted by Crippen LogP contribution is -2.42. The number of allylic oxidation sites excluding steroid dienone is 2. The van der Waals surface area contributed by atoms with Crippen LogP contribution in [0.2, 0.25) is 0 Å². The summed E-state index contributed by atoms with van der Waals surface area (Å²) >= 11 is 0. The quantitative estimate of drug-likeness (QED) is 0.640. The van der Waals surface area contributed by atoms with E-state index >= 15 is 0 Å². The number of nitrogens with zero attached hydrogens (tertiary/aromatic N) is 2. The molecule has 31 heavy (non-hydrogen) atoms. The summed E-state index contributed by atoms with van der Waals surface area (Å²) in [6.45, 7) is 3.40. The lowest BCUT2D eigenvalue weighted by molar-refractivity contribution is -0.164. The zero-order valence-electron chi connectivity index (χ0n) is 17.1. The molecule has 1 saturated heterocycles. The van der Waals surface area contributed by atoms with E-state index in [1.807, 2.05) is 35.2 Å². The minimum absolute atomic E-state index is 0.0596. The molecule has 3 rings (SSSR count). The van der Waals surface area contributed by atoms with Crippen LogP contribution >= 0.6 is 0 Å². The molecule has 1 fully saturated rings. The van der Waals surface area contributed by atoms with Crippen molar-refractivity contribution in [3.63, 3.8) is 0 Å². The average molecular weight is 428 g/mol. The van der Waals surface area contributed by atoms with Gasteiger partial charge in [-0.3, -0.25) is 9.59 Å². The molecule has 162 valence electrons. The Hall–Kier alpha value is -3.35. The van der Waals surface area contributed by atoms with Crippen molar-refractivity contribution in [2.45, 2.75) is 13.1 Å². The van der Waals surface area contributed by atoms with Crippen LogP contribution in [-0.2, 0) is 9.59 Å². The number of Topliss-reactive ketones (excluding diaryl/α,β-unsaturated/α-hetero) is 2. The molecule has 4 nitrogen and oxygen atoms in total. The normalized spacial score (nSPS) is 15.7. The molecule has 1 aliphatic heterocycles. The van der Waals surface area contributed by atoms with Gasteiger partial charge in [-0.05, 0) is 18.1 Å². The highest BCUT2D eigenvalue weighted by Gasteiger charge is 2.41. The number of carbonyl (C=O) groups excluding carboxylic acids is 2. The summed E-state index contributed by atoms with van der Waals surface area (Å²) in [5, 5.41) is 0. The highest BCUT2D eigenvalue weighted by molar-refractivity contribution is 6.23. The zero-order valence-corrected chi connectivity index (χ0v) is 17.1. The first kappa shape index (κ1) is 22.3. The maximum absolute atomic E-state index is 13.1. The fraction of sp³-hybridized carbons (Fsp3) is 0.250. The highest BCUT2D eigenvalue weighted by Crippen LogP contribution is 2.27. The van der Waals surface area contributed by atoms with Crippen molar-refractivity contribution in [1.82, 2.24) is 9.80 Å². The summed E-state index contributed by atoms with van der Waals surface area (Å²) in [5.74, 6) is -1.92. The van der Waals surface area contributed by atoms with Crippen LogP contribution in [0.25, 0.3) is 11.1 Å². The monoisotopic (exact) mass is 428 g/mol. The molecule has 7 heteroatoms. The molecule has 0 unspecified atom stereocenters. The highest BCUT2D eigenvalue weighted by atomic mass is 19.4. The van der Waals surface area contributed by atoms with Gasteiger partial charge in [0, 0.05) is 44.2 Å². The molecule has 0 aromatic heterocycles. The van der Waals surface area contributed by atoms with Crippen LogP contribution in [0.4, 0.5) is 13.2 Å². The van der Waals surface area contributed by atoms with Crippen LogP contribution in [0.15, 0.2) is 73.1 Å². The molecule has 0 spiro atoms. The lowest BCUT2D eigenvalue weighted by Gasteiger charge is -2.34. The van der Waals surface area contributed by atoms with Crippen LogP contribution in [0, 0.1) is 0 Å². The van der Waals surface area contributed by atoms with Gasteiger partial charge in [0.15, 0.2) is 5.78 Å². The van der Waals surface area contributed by atoms with E-state index in [0.29, 0.717) is 31.8 Å². The van der Waals surface area contributed by atoms with E-state index in [2.05, 4.69) is 0 Å². The van der Waals surface area contributed by atoms with Crippen molar-refractivity contribution in [1.29, 1.82) is 0 Å². The Morgan fingerprint density at radius 2 is 1.13 bits per heavy atom. The fourth-order valence-corrected chi connectivity index (χ4v) is 3.38. The van der Waals surface area contributed by atoms with E-state index in [9.17, 15) is 22.8 Å². The predicted molar refractivity (Wildman–Crippen MR) is 114 cm³/mol. The molecular weight excluding hydrogens is 405 g/mol. The Morgan fingerprint density at radius 3 is 1.52 bits per heavy atom. The third-order valence-electron chi connectivity index (χ3n) is 5.02. The standard InChI is InChI=1S/C24H23F3N2O2/c1-18(30)21(19-8-4-2-5-9-19)16-28-12-14-29(15-13-28)17-22(23(31)24(25,26)27)20-10-6-3-7-11-20/h2-11,16-17H,12-15H2,1H3/b21-16+,22-17+. The smallest absolute Gasteiger partial charge is 0.373 e. The first-order valence-electron chi connectivity index (χ1n) is 9.91. The number of alkyl halides is 3. The van der Waals surface area contributed by atoms with Crippen molar-refractivity contribution in [3.05, 3.63) is 84.2 Å². The number of carbonyl (C=O) groups is 2. The van der Waals surface area contributed by atoms with Crippen molar-refractivity contribution >= 4 is 22.7 Å². The van der Waals surface area contributed by atoms with Gasteiger partial charge in [-0.1, -0.05) is 60.7 Å². The fourth-order valence-electron chi connectivity index (χ4n) is 3.38. The molecule has 2 aromatic carbocycles. The van der Waals surface area contributed by atoms with Crippen LogP contribution < -0.4 is 0 Å². The van der Waals surface area contributed by atoms with Gasteiger partial charge in [-0.2, -0.15) is 13.2 Å². The molecule has 0 amide bonds. The number of benzene rings is 2. The molecule has 0 aliphatic carbocycles. The molecule has 0 saturated carbocycles. The minimum Gasteiger partial charge on any atom is -0.373 e. The summed E-state index contributed by atoms with van der Waals surface area (Å²) in [5.41, 5.74) is 1.27. The first-order valence-corrected chi connectivity index (χ1v) is 9.91. The molecule has 2 aromatic rings. The van der Waals surface area contributed by atoms with Gasteiger partial charge in [-0.15, -0.1) is 0 Å². The SMILES string of the molecule is CC(=O)/C(=C\N1CCN(/C=C(/C(=O)C(F)(F)F)c2ccccc2)CC1)c1ccccc1. The van der Waals surface area contributed by atoms with Crippen molar-refractivity contribution in [2.24, 2.45) is 0 Å². The van der Waals surface area contributed by atoms with Crippen LogP contribution in [0.1, 0.15) is 18.1 Å². The maximum Gasteiger partial charge on any atom is 0.454 e. The van der Waals surface area contributed by atoms with Crippen LogP contribution in [-0.4, -0.2) is 53.7 Å². The van der Waals surface area contributed by atoms with E-state index in [0.717, 1.165) is 5.56 Å². The first-order chi connectivity index (χ1) is 14.8. The number of hydrogen-bond donors (Lipinski definition) is 0. The van der Waals surface area contributed by atoms with Crippen LogP contribution in [0.3, 0.4) is 0 Å². The van der Waals surface area contributed by atoms with Gasteiger partial charge in [0.1, 0.15) is 0 Å². The molecule has 0 atom stereocenters. The summed E-state index contributed by atoms with van der Waals surface area (Å²) < 4.78 is 39.4. The molecule has 0 bridgehead atoms. The van der Waals surface area contributed by atoms with Crippen molar-refractivity contribution in [2.75, 3.05) is 26.2 Å². The third-order valence-corrected chi connectivity index (χ3v) is 5.02.